The molecule has 3 rings (SSSR count). The van der Waals surface area contributed by atoms with Gasteiger partial charge in [0.25, 0.3) is 0 Å². The Kier molecular flexibility index (Phi) is 7.93. The van der Waals surface area contributed by atoms with Gasteiger partial charge in [0.15, 0.2) is 5.96 Å². The Morgan fingerprint density at radius 3 is 2.64 bits per heavy atom. The number of nitrogens with one attached hydrogen (secondary N) is 2. The predicted octanol–water partition coefficient (Wildman–Crippen LogP) is 3.46. The lowest BCUT2D eigenvalue weighted by Crippen LogP contribution is -2.37. The van der Waals surface area contributed by atoms with Crippen LogP contribution < -0.4 is 10.6 Å². The van der Waals surface area contributed by atoms with E-state index in [-0.39, 0.29) is 24.0 Å². The van der Waals surface area contributed by atoms with Crippen LogP contribution in [-0.2, 0) is 13.0 Å². The lowest BCUT2D eigenvalue weighted by Gasteiger charge is -2.11. The fourth-order valence-corrected chi connectivity index (χ4v) is 3.03. The minimum Gasteiger partial charge on any atom is -0.356 e. The third kappa shape index (κ3) is 5.86. The zero-order chi connectivity index (χ0) is 16.6. The van der Waals surface area contributed by atoms with E-state index in [1.807, 2.05) is 16.9 Å². The second-order valence-electron chi connectivity index (χ2n) is 5.35. The molecule has 0 unspecified atom stereocenters. The Balaban J connectivity index is 0.00000225. The second kappa shape index (κ2) is 10.2. The van der Waals surface area contributed by atoms with Gasteiger partial charge in [0.2, 0.25) is 0 Å². The quantitative estimate of drug-likeness (QED) is 0.332. The van der Waals surface area contributed by atoms with E-state index in [1.54, 1.807) is 24.6 Å². The van der Waals surface area contributed by atoms with Gasteiger partial charge in [-0.25, -0.2) is 4.68 Å². The minimum absolute atomic E-state index is 0. The molecular formula is C18H22IN5S. The van der Waals surface area contributed by atoms with E-state index in [2.05, 4.69) is 61.8 Å². The van der Waals surface area contributed by atoms with Gasteiger partial charge >= 0.3 is 0 Å². The van der Waals surface area contributed by atoms with E-state index in [4.69, 9.17) is 0 Å². The lowest BCUT2D eigenvalue weighted by atomic mass is 10.1. The second-order valence-corrected chi connectivity index (χ2v) is 6.13. The summed E-state index contributed by atoms with van der Waals surface area (Å²) in [5, 5.41) is 15.1. The third-order valence-corrected chi connectivity index (χ3v) is 4.41. The molecule has 25 heavy (non-hydrogen) atoms. The first kappa shape index (κ1) is 19.5. The van der Waals surface area contributed by atoms with Crippen LogP contribution >= 0.6 is 35.3 Å². The molecule has 2 aromatic heterocycles. The molecule has 7 heteroatoms. The summed E-state index contributed by atoms with van der Waals surface area (Å²) in [6.07, 6.45) is 4.67. The Bertz CT molecular complexity index is 751. The SMILES string of the molecule is CN=C(NCCc1ccc(-n2cccn2)cc1)NCc1ccsc1.I. The van der Waals surface area contributed by atoms with Crippen LogP contribution in [0.1, 0.15) is 11.1 Å². The molecule has 3 aromatic rings. The first-order valence-electron chi connectivity index (χ1n) is 7.90. The van der Waals surface area contributed by atoms with Crippen molar-refractivity contribution in [2.45, 2.75) is 13.0 Å². The molecule has 0 spiro atoms. The van der Waals surface area contributed by atoms with Gasteiger partial charge < -0.3 is 10.6 Å². The number of hydrogen-bond donors (Lipinski definition) is 2. The average Bonchev–Trinajstić information content (AvgIpc) is 3.32. The third-order valence-electron chi connectivity index (χ3n) is 3.68. The van der Waals surface area contributed by atoms with Crippen LogP contribution in [-0.4, -0.2) is 29.3 Å². The molecule has 0 atom stereocenters. The first-order valence-corrected chi connectivity index (χ1v) is 8.84. The van der Waals surface area contributed by atoms with E-state index in [9.17, 15) is 0 Å². The number of nitrogens with zero attached hydrogens (tertiary/aromatic N) is 3. The van der Waals surface area contributed by atoms with E-state index in [0.717, 1.165) is 31.2 Å². The number of halogens is 1. The fraction of sp³-hybridized carbons (Fsp3) is 0.222. The molecule has 0 fully saturated rings. The highest BCUT2D eigenvalue weighted by Gasteiger charge is 2.00. The fourth-order valence-electron chi connectivity index (χ4n) is 2.36. The molecule has 5 nitrogen and oxygen atoms in total. The molecule has 2 heterocycles. The van der Waals surface area contributed by atoms with Gasteiger partial charge in [-0.3, -0.25) is 4.99 Å². The number of rotatable bonds is 6. The maximum Gasteiger partial charge on any atom is 0.191 e. The Labute approximate surface area is 169 Å². The van der Waals surface area contributed by atoms with Crippen molar-refractivity contribution in [2.24, 2.45) is 4.99 Å². The molecule has 0 amide bonds. The van der Waals surface area contributed by atoms with Gasteiger partial charge in [0.1, 0.15) is 0 Å². The number of aromatic nitrogens is 2. The van der Waals surface area contributed by atoms with Crippen molar-refractivity contribution >= 4 is 41.3 Å². The molecule has 2 N–H and O–H groups in total. The number of guanidine groups is 1. The zero-order valence-corrected chi connectivity index (χ0v) is 17.2. The molecule has 0 saturated heterocycles. The highest BCUT2D eigenvalue weighted by atomic mass is 127. The van der Waals surface area contributed by atoms with Crippen molar-refractivity contribution in [3.05, 3.63) is 70.7 Å². The number of thiophene rings is 1. The van der Waals surface area contributed by atoms with E-state index in [1.165, 1.54) is 11.1 Å². The Morgan fingerprint density at radius 1 is 1.16 bits per heavy atom. The topological polar surface area (TPSA) is 54.2 Å². The van der Waals surface area contributed by atoms with E-state index in [0.29, 0.717) is 0 Å². The predicted molar refractivity (Wildman–Crippen MR) is 115 cm³/mol. The number of hydrogen-bond acceptors (Lipinski definition) is 3. The van der Waals surface area contributed by atoms with Crippen LogP contribution in [0, 0.1) is 0 Å². The molecule has 0 aliphatic carbocycles. The smallest absolute Gasteiger partial charge is 0.191 e. The molecule has 0 aliphatic rings. The summed E-state index contributed by atoms with van der Waals surface area (Å²) < 4.78 is 1.86. The van der Waals surface area contributed by atoms with Crippen LogP contribution in [0.5, 0.6) is 0 Å². The van der Waals surface area contributed by atoms with Crippen LogP contribution in [0.4, 0.5) is 0 Å². The summed E-state index contributed by atoms with van der Waals surface area (Å²) in [6, 6.07) is 12.5. The molecule has 132 valence electrons. The number of aliphatic imine (C=N–C) groups is 1. The minimum atomic E-state index is 0. The van der Waals surface area contributed by atoms with Crippen LogP contribution in [0.3, 0.4) is 0 Å². The summed E-state index contributed by atoms with van der Waals surface area (Å²) >= 11 is 1.71. The van der Waals surface area contributed by atoms with Gasteiger partial charge in [0.05, 0.1) is 5.69 Å². The van der Waals surface area contributed by atoms with Gasteiger partial charge in [-0.2, -0.15) is 16.4 Å². The van der Waals surface area contributed by atoms with Crippen molar-refractivity contribution in [1.29, 1.82) is 0 Å². The summed E-state index contributed by atoms with van der Waals surface area (Å²) in [5.41, 5.74) is 3.63. The van der Waals surface area contributed by atoms with Gasteiger partial charge in [-0.05, 0) is 52.6 Å². The van der Waals surface area contributed by atoms with Crippen LogP contribution in [0.2, 0.25) is 0 Å². The number of benzene rings is 1. The maximum absolute atomic E-state index is 4.25. The molecular weight excluding hydrogens is 445 g/mol. The molecule has 0 radical (unpaired) electrons. The largest absolute Gasteiger partial charge is 0.356 e. The van der Waals surface area contributed by atoms with E-state index < -0.39 is 0 Å². The van der Waals surface area contributed by atoms with Crippen LogP contribution in [0.25, 0.3) is 5.69 Å². The molecule has 0 aliphatic heterocycles. The van der Waals surface area contributed by atoms with Crippen LogP contribution in [0.15, 0.2) is 64.5 Å². The summed E-state index contributed by atoms with van der Waals surface area (Å²) in [5.74, 6) is 0.828. The normalized spacial score (nSPS) is 11.0. The van der Waals surface area contributed by atoms with Gasteiger partial charge in [-0.1, -0.05) is 12.1 Å². The van der Waals surface area contributed by atoms with Crippen molar-refractivity contribution in [3.63, 3.8) is 0 Å². The van der Waals surface area contributed by atoms with Gasteiger partial charge in [0, 0.05) is 32.5 Å². The Morgan fingerprint density at radius 2 is 2.00 bits per heavy atom. The Hall–Kier alpha value is -1.87. The lowest BCUT2D eigenvalue weighted by molar-refractivity contribution is 0.795. The van der Waals surface area contributed by atoms with Crippen molar-refractivity contribution in [1.82, 2.24) is 20.4 Å². The molecule has 1 aromatic carbocycles. The summed E-state index contributed by atoms with van der Waals surface area (Å²) in [7, 11) is 1.79. The van der Waals surface area contributed by atoms with Gasteiger partial charge in [-0.15, -0.1) is 24.0 Å². The van der Waals surface area contributed by atoms with Crippen molar-refractivity contribution in [3.8, 4) is 5.69 Å². The average molecular weight is 467 g/mol. The van der Waals surface area contributed by atoms with Crippen molar-refractivity contribution in [2.75, 3.05) is 13.6 Å². The van der Waals surface area contributed by atoms with E-state index >= 15 is 0 Å². The maximum atomic E-state index is 4.25. The highest BCUT2D eigenvalue weighted by molar-refractivity contribution is 14.0. The van der Waals surface area contributed by atoms with Crippen molar-refractivity contribution < 1.29 is 0 Å². The zero-order valence-electron chi connectivity index (χ0n) is 14.1. The highest BCUT2D eigenvalue weighted by Crippen LogP contribution is 2.09. The molecule has 0 saturated carbocycles. The standard InChI is InChI=1S/C18H21N5S.HI/c1-19-18(21-13-16-8-12-24-14-16)20-10-7-15-3-5-17(6-4-15)23-11-2-9-22-23;/h2-6,8-9,11-12,14H,7,10,13H2,1H3,(H2,19,20,21);1H. The monoisotopic (exact) mass is 467 g/mol. The molecule has 0 bridgehead atoms. The summed E-state index contributed by atoms with van der Waals surface area (Å²) in [4.78, 5) is 4.25. The first-order chi connectivity index (χ1) is 11.8. The summed E-state index contributed by atoms with van der Waals surface area (Å²) in [6.45, 7) is 1.63.